The molecule has 1 aliphatic rings. The fourth-order valence-electron chi connectivity index (χ4n) is 2.84. The first kappa shape index (κ1) is 17.1. The van der Waals surface area contributed by atoms with Crippen LogP contribution in [0.25, 0.3) is 0 Å². The van der Waals surface area contributed by atoms with Crippen molar-refractivity contribution in [3.8, 4) is 0 Å². The molecule has 22 heavy (non-hydrogen) atoms. The van der Waals surface area contributed by atoms with Gasteiger partial charge >= 0.3 is 5.97 Å². The number of unbranched alkanes of at least 4 members (excludes halogenated alkanes) is 3. The van der Waals surface area contributed by atoms with Crippen LogP contribution >= 0.6 is 11.6 Å². The van der Waals surface area contributed by atoms with Crippen LogP contribution in [0.3, 0.4) is 0 Å². The molecule has 0 heterocycles. The summed E-state index contributed by atoms with van der Waals surface area (Å²) in [6.45, 7) is 2.73. The lowest BCUT2D eigenvalue weighted by Crippen LogP contribution is -2.14. The van der Waals surface area contributed by atoms with Gasteiger partial charge in [-0.1, -0.05) is 56.0 Å². The van der Waals surface area contributed by atoms with Crippen LogP contribution in [0, 0.1) is 0 Å². The normalized spacial score (nSPS) is 17.9. The lowest BCUT2D eigenvalue weighted by molar-refractivity contribution is -0.139. The molecule has 120 valence electrons. The van der Waals surface area contributed by atoms with E-state index in [1.165, 1.54) is 18.4 Å². The molecule has 0 saturated carbocycles. The number of halogens is 1. The average molecular weight is 321 g/mol. The third-order valence-electron chi connectivity index (χ3n) is 4.25. The molecule has 0 bridgehead atoms. The van der Waals surface area contributed by atoms with Crippen LogP contribution in [0.5, 0.6) is 0 Å². The molecule has 0 aliphatic heterocycles. The van der Waals surface area contributed by atoms with Gasteiger partial charge in [0.25, 0.3) is 0 Å². The quantitative estimate of drug-likeness (QED) is 0.479. The van der Waals surface area contributed by atoms with Crippen molar-refractivity contribution < 1.29 is 9.53 Å². The van der Waals surface area contributed by atoms with E-state index >= 15 is 0 Å². The van der Waals surface area contributed by atoms with Gasteiger partial charge in [-0.15, -0.1) is 0 Å². The number of carbonyl (C=O) groups is 1. The van der Waals surface area contributed by atoms with E-state index in [0.717, 1.165) is 42.7 Å². The topological polar surface area (TPSA) is 26.3 Å². The number of carbonyl (C=O) groups excluding carboxylic acids is 1. The van der Waals surface area contributed by atoms with E-state index in [0.29, 0.717) is 12.5 Å². The van der Waals surface area contributed by atoms with Gasteiger partial charge in [-0.3, -0.25) is 0 Å². The SMILES string of the molecule is CCCCCCOC(=O)C1=CCC(c2ccc(Cl)cc2)CC1. The van der Waals surface area contributed by atoms with Crippen LogP contribution in [0.1, 0.15) is 63.4 Å². The maximum absolute atomic E-state index is 12.0. The minimum atomic E-state index is -0.119. The molecular formula is C19H25ClO2. The van der Waals surface area contributed by atoms with Crippen LogP contribution < -0.4 is 0 Å². The lowest BCUT2D eigenvalue weighted by atomic mass is 9.85. The van der Waals surface area contributed by atoms with Gasteiger partial charge in [-0.05, 0) is 49.3 Å². The molecule has 1 aromatic rings. The van der Waals surface area contributed by atoms with E-state index in [1.54, 1.807) is 0 Å². The molecule has 0 amide bonds. The Bertz CT molecular complexity index is 505. The number of benzene rings is 1. The number of allylic oxidation sites excluding steroid dienone is 1. The van der Waals surface area contributed by atoms with Crippen LogP contribution in [0.15, 0.2) is 35.9 Å². The highest BCUT2D eigenvalue weighted by Gasteiger charge is 2.20. The second-order valence-electron chi connectivity index (χ2n) is 5.95. The fraction of sp³-hybridized carbons (Fsp3) is 0.526. The van der Waals surface area contributed by atoms with Crippen molar-refractivity contribution in [2.24, 2.45) is 0 Å². The Balaban J connectivity index is 1.78. The van der Waals surface area contributed by atoms with Crippen LogP contribution in [0.2, 0.25) is 5.02 Å². The summed E-state index contributed by atoms with van der Waals surface area (Å²) in [5.74, 6) is 0.365. The molecule has 0 spiro atoms. The monoisotopic (exact) mass is 320 g/mol. The minimum Gasteiger partial charge on any atom is -0.462 e. The average Bonchev–Trinajstić information content (AvgIpc) is 2.55. The zero-order chi connectivity index (χ0) is 15.8. The highest BCUT2D eigenvalue weighted by atomic mass is 35.5. The standard InChI is InChI=1S/C19H25ClO2/c1-2-3-4-5-14-22-19(21)17-8-6-15(7-9-17)16-10-12-18(20)13-11-16/h8,10-13,15H,2-7,9,14H2,1H3. The first-order valence-corrected chi connectivity index (χ1v) is 8.70. The second-order valence-corrected chi connectivity index (χ2v) is 6.39. The molecule has 0 radical (unpaired) electrons. The maximum atomic E-state index is 12.0. The predicted octanol–water partition coefficient (Wildman–Crippen LogP) is 5.66. The third kappa shape index (κ3) is 5.17. The van der Waals surface area contributed by atoms with Crippen LogP contribution in [-0.2, 0) is 9.53 Å². The summed E-state index contributed by atoms with van der Waals surface area (Å²) in [6.07, 6.45) is 9.29. The maximum Gasteiger partial charge on any atom is 0.333 e. The van der Waals surface area contributed by atoms with Gasteiger partial charge in [0.05, 0.1) is 6.61 Å². The molecular weight excluding hydrogens is 296 g/mol. The molecule has 0 saturated heterocycles. The summed E-state index contributed by atoms with van der Waals surface area (Å²) >= 11 is 5.92. The summed E-state index contributed by atoms with van der Waals surface area (Å²) in [7, 11) is 0. The Morgan fingerprint density at radius 2 is 2.00 bits per heavy atom. The van der Waals surface area contributed by atoms with Crippen molar-refractivity contribution in [3.63, 3.8) is 0 Å². The number of hydrogen-bond acceptors (Lipinski definition) is 2. The Hall–Kier alpha value is -1.28. The van der Waals surface area contributed by atoms with Crippen LogP contribution in [0.4, 0.5) is 0 Å². The molecule has 2 rings (SSSR count). The molecule has 1 aromatic carbocycles. The van der Waals surface area contributed by atoms with E-state index in [1.807, 2.05) is 12.1 Å². The van der Waals surface area contributed by atoms with Crippen molar-refractivity contribution in [2.45, 2.75) is 57.8 Å². The van der Waals surface area contributed by atoms with E-state index in [4.69, 9.17) is 16.3 Å². The van der Waals surface area contributed by atoms with Crippen LogP contribution in [-0.4, -0.2) is 12.6 Å². The van der Waals surface area contributed by atoms with Crippen molar-refractivity contribution in [1.29, 1.82) is 0 Å². The van der Waals surface area contributed by atoms with E-state index in [-0.39, 0.29) is 5.97 Å². The molecule has 1 unspecified atom stereocenters. The van der Waals surface area contributed by atoms with Crippen molar-refractivity contribution in [3.05, 3.63) is 46.5 Å². The predicted molar refractivity (Wildman–Crippen MR) is 91.2 cm³/mol. The molecule has 0 N–H and O–H groups in total. The number of ether oxygens (including phenoxy) is 1. The molecule has 2 nitrogen and oxygen atoms in total. The summed E-state index contributed by atoms with van der Waals surface area (Å²) in [6, 6.07) is 8.02. The smallest absolute Gasteiger partial charge is 0.333 e. The lowest BCUT2D eigenvalue weighted by Gasteiger charge is -2.21. The zero-order valence-electron chi connectivity index (χ0n) is 13.3. The van der Waals surface area contributed by atoms with E-state index < -0.39 is 0 Å². The van der Waals surface area contributed by atoms with Gasteiger partial charge in [0, 0.05) is 10.6 Å². The van der Waals surface area contributed by atoms with Gasteiger partial charge < -0.3 is 4.74 Å². The Morgan fingerprint density at radius 1 is 1.23 bits per heavy atom. The third-order valence-corrected chi connectivity index (χ3v) is 4.50. The molecule has 3 heteroatoms. The summed E-state index contributed by atoms with van der Waals surface area (Å²) in [5, 5.41) is 0.766. The fourth-order valence-corrected chi connectivity index (χ4v) is 2.97. The summed E-state index contributed by atoms with van der Waals surface area (Å²) < 4.78 is 5.36. The molecule has 1 atom stereocenters. The van der Waals surface area contributed by atoms with Gasteiger partial charge in [-0.2, -0.15) is 0 Å². The Kier molecular flexibility index (Phi) is 6.98. The first-order valence-electron chi connectivity index (χ1n) is 8.32. The summed E-state index contributed by atoms with van der Waals surface area (Å²) in [4.78, 5) is 12.0. The zero-order valence-corrected chi connectivity index (χ0v) is 14.1. The first-order chi connectivity index (χ1) is 10.7. The largest absolute Gasteiger partial charge is 0.462 e. The molecule has 0 aromatic heterocycles. The van der Waals surface area contributed by atoms with E-state index in [9.17, 15) is 4.79 Å². The molecule has 1 aliphatic carbocycles. The van der Waals surface area contributed by atoms with Crippen molar-refractivity contribution >= 4 is 17.6 Å². The Labute approximate surface area is 138 Å². The van der Waals surface area contributed by atoms with Gasteiger partial charge in [0.15, 0.2) is 0 Å². The molecule has 0 fully saturated rings. The van der Waals surface area contributed by atoms with Gasteiger partial charge in [-0.25, -0.2) is 4.79 Å². The van der Waals surface area contributed by atoms with Gasteiger partial charge in [0.1, 0.15) is 0 Å². The number of rotatable bonds is 7. The Morgan fingerprint density at radius 3 is 2.64 bits per heavy atom. The number of esters is 1. The number of hydrogen-bond donors (Lipinski definition) is 0. The van der Waals surface area contributed by atoms with Crippen molar-refractivity contribution in [1.82, 2.24) is 0 Å². The highest BCUT2D eigenvalue weighted by Crippen LogP contribution is 2.32. The minimum absolute atomic E-state index is 0.119. The van der Waals surface area contributed by atoms with Crippen molar-refractivity contribution in [2.75, 3.05) is 6.61 Å². The van der Waals surface area contributed by atoms with Gasteiger partial charge in [0.2, 0.25) is 0 Å². The van der Waals surface area contributed by atoms with E-state index in [2.05, 4.69) is 25.1 Å². The summed E-state index contributed by atoms with van der Waals surface area (Å²) in [5.41, 5.74) is 2.15. The second kappa shape index (κ2) is 8.99. The highest BCUT2D eigenvalue weighted by molar-refractivity contribution is 6.30.